The molecule has 100 valence electrons. The number of morpholine rings is 1. The number of nitrogens with zero attached hydrogens (tertiary/aromatic N) is 2. The molecule has 2 fully saturated rings. The van der Waals surface area contributed by atoms with E-state index >= 15 is 0 Å². The van der Waals surface area contributed by atoms with Crippen molar-refractivity contribution in [3.05, 3.63) is 0 Å². The lowest BCUT2D eigenvalue weighted by Crippen LogP contribution is -2.48. The Bertz CT molecular complexity index is 235. The summed E-state index contributed by atoms with van der Waals surface area (Å²) in [4.78, 5) is 15.9. The molecule has 0 spiro atoms. The molecule has 2 saturated heterocycles. The zero-order valence-corrected chi connectivity index (χ0v) is 11.0. The lowest BCUT2D eigenvalue weighted by Gasteiger charge is -2.30. The molecule has 6 heteroatoms. The van der Waals surface area contributed by atoms with Crippen LogP contribution >= 0.6 is 12.4 Å². The third kappa shape index (κ3) is 4.79. The summed E-state index contributed by atoms with van der Waals surface area (Å²) in [5.74, 6) is 0.244. The van der Waals surface area contributed by atoms with Gasteiger partial charge in [0.25, 0.3) is 0 Å². The number of ether oxygens (including phenoxy) is 1. The number of halogens is 1. The van der Waals surface area contributed by atoms with Gasteiger partial charge in [-0.25, -0.2) is 0 Å². The number of hydrogen-bond acceptors (Lipinski definition) is 4. The first-order valence-electron chi connectivity index (χ1n) is 6.15. The fourth-order valence-electron chi connectivity index (χ4n) is 2.19. The smallest absolute Gasteiger partial charge is 0.236 e. The first-order valence-corrected chi connectivity index (χ1v) is 6.15. The Hall–Kier alpha value is -0.360. The number of hydrogen-bond donors (Lipinski definition) is 1. The number of rotatable bonds is 4. The predicted octanol–water partition coefficient (Wildman–Crippen LogP) is -0.438. The molecular weight excluding hydrogens is 242 g/mol. The number of amides is 1. The largest absolute Gasteiger partial charge is 0.379 e. The molecule has 0 saturated carbocycles. The van der Waals surface area contributed by atoms with Crippen LogP contribution in [0.5, 0.6) is 0 Å². The molecule has 2 rings (SSSR count). The molecular formula is C11H22ClN3O2. The molecule has 0 aromatic heterocycles. The SMILES string of the molecule is Cl.O=C1CNCCN1CCCN1CCOCC1. The van der Waals surface area contributed by atoms with Crippen LogP contribution < -0.4 is 5.32 Å². The molecule has 17 heavy (non-hydrogen) atoms. The Morgan fingerprint density at radius 3 is 2.65 bits per heavy atom. The maximum absolute atomic E-state index is 11.5. The molecule has 2 aliphatic rings. The Labute approximate surface area is 109 Å². The van der Waals surface area contributed by atoms with Crippen LogP contribution in [-0.4, -0.2) is 74.7 Å². The van der Waals surface area contributed by atoms with Gasteiger partial charge in [0.2, 0.25) is 5.91 Å². The van der Waals surface area contributed by atoms with Crippen molar-refractivity contribution in [2.45, 2.75) is 6.42 Å². The molecule has 1 N–H and O–H groups in total. The van der Waals surface area contributed by atoms with E-state index in [1.807, 2.05) is 4.90 Å². The second-order valence-corrected chi connectivity index (χ2v) is 4.37. The summed E-state index contributed by atoms with van der Waals surface area (Å²) in [6.07, 6.45) is 1.08. The third-order valence-electron chi connectivity index (χ3n) is 3.19. The average Bonchev–Trinajstić information content (AvgIpc) is 2.33. The molecule has 1 amide bonds. The number of nitrogens with one attached hydrogen (secondary N) is 1. The van der Waals surface area contributed by atoms with Crippen molar-refractivity contribution in [3.8, 4) is 0 Å². The van der Waals surface area contributed by atoms with Crippen molar-refractivity contribution in [2.75, 3.05) is 59.0 Å². The van der Waals surface area contributed by atoms with Crippen molar-refractivity contribution in [3.63, 3.8) is 0 Å². The zero-order valence-electron chi connectivity index (χ0n) is 10.2. The van der Waals surface area contributed by atoms with Crippen molar-refractivity contribution in [2.24, 2.45) is 0 Å². The van der Waals surface area contributed by atoms with E-state index in [0.717, 1.165) is 58.9 Å². The zero-order chi connectivity index (χ0) is 11.2. The molecule has 0 unspecified atom stereocenters. The third-order valence-corrected chi connectivity index (χ3v) is 3.19. The summed E-state index contributed by atoms with van der Waals surface area (Å²) >= 11 is 0. The van der Waals surface area contributed by atoms with Gasteiger partial charge in [-0.05, 0) is 6.42 Å². The van der Waals surface area contributed by atoms with Crippen LogP contribution in [0, 0.1) is 0 Å². The van der Waals surface area contributed by atoms with Gasteiger partial charge in [-0.1, -0.05) is 0 Å². The molecule has 2 heterocycles. The summed E-state index contributed by atoms with van der Waals surface area (Å²) in [6, 6.07) is 0. The molecule has 0 aliphatic carbocycles. The Morgan fingerprint density at radius 2 is 1.94 bits per heavy atom. The van der Waals surface area contributed by atoms with E-state index in [2.05, 4.69) is 10.2 Å². The second-order valence-electron chi connectivity index (χ2n) is 4.37. The highest BCUT2D eigenvalue weighted by Gasteiger charge is 2.17. The van der Waals surface area contributed by atoms with E-state index in [1.54, 1.807) is 0 Å². The second kappa shape index (κ2) is 7.87. The highest BCUT2D eigenvalue weighted by molar-refractivity contribution is 5.85. The van der Waals surface area contributed by atoms with E-state index in [9.17, 15) is 4.79 Å². The fraction of sp³-hybridized carbons (Fsp3) is 0.909. The van der Waals surface area contributed by atoms with Crippen LogP contribution in [0.15, 0.2) is 0 Å². The number of carbonyl (C=O) groups excluding carboxylic acids is 1. The lowest BCUT2D eigenvalue weighted by atomic mass is 10.3. The van der Waals surface area contributed by atoms with Gasteiger partial charge in [0.05, 0.1) is 19.8 Å². The van der Waals surface area contributed by atoms with Crippen LogP contribution in [0.4, 0.5) is 0 Å². The summed E-state index contributed by atoms with van der Waals surface area (Å²) in [5.41, 5.74) is 0. The molecule has 0 radical (unpaired) electrons. The van der Waals surface area contributed by atoms with Crippen LogP contribution in [0.3, 0.4) is 0 Å². The standard InChI is InChI=1S/C11H21N3O2.ClH/c15-11-10-12-2-5-14(11)4-1-3-13-6-8-16-9-7-13;/h12H,1-10H2;1H. The van der Waals surface area contributed by atoms with Crippen molar-refractivity contribution >= 4 is 18.3 Å². The van der Waals surface area contributed by atoms with Gasteiger partial charge >= 0.3 is 0 Å². The van der Waals surface area contributed by atoms with E-state index < -0.39 is 0 Å². The lowest BCUT2D eigenvalue weighted by molar-refractivity contribution is -0.132. The molecule has 0 aromatic carbocycles. The number of carbonyl (C=O) groups is 1. The summed E-state index contributed by atoms with van der Waals surface area (Å²) in [5, 5.41) is 3.09. The predicted molar refractivity (Wildman–Crippen MR) is 68.6 cm³/mol. The molecule has 0 bridgehead atoms. The number of piperazine rings is 1. The van der Waals surface area contributed by atoms with Crippen molar-refractivity contribution < 1.29 is 9.53 Å². The van der Waals surface area contributed by atoms with Gasteiger partial charge in [0.1, 0.15) is 0 Å². The molecule has 5 nitrogen and oxygen atoms in total. The Kier molecular flexibility index (Phi) is 6.80. The Balaban J connectivity index is 0.00000144. The van der Waals surface area contributed by atoms with Gasteiger partial charge in [0.15, 0.2) is 0 Å². The van der Waals surface area contributed by atoms with E-state index in [1.165, 1.54) is 0 Å². The minimum atomic E-state index is 0. The van der Waals surface area contributed by atoms with Gasteiger partial charge < -0.3 is 15.0 Å². The first-order chi connectivity index (χ1) is 7.86. The van der Waals surface area contributed by atoms with Crippen molar-refractivity contribution in [1.82, 2.24) is 15.1 Å². The van der Waals surface area contributed by atoms with Gasteiger partial charge in [-0.2, -0.15) is 0 Å². The Morgan fingerprint density at radius 1 is 1.18 bits per heavy atom. The normalized spacial score (nSPS) is 22.4. The van der Waals surface area contributed by atoms with Crippen LogP contribution in [-0.2, 0) is 9.53 Å². The average molecular weight is 264 g/mol. The van der Waals surface area contributed by atoms with Crippen molar-refractivity contribution in [1.29, 1.82) is 0 Å². The maximum Gasteiger partial charge on any atom is 0.236 e. The molecule has 2 aliphatic heterocycles. The minimum absolute atomic E-state index is 0. The van der Waals surface area contributed by atoms with Crippen LogP contribution in [0.2, 0.25) is 0 Å². The van der Waals surface area contributed by atoms with Gasteiger partial charge in [0, 0.05) is 39.3 Å². The summed E-state index contributed by atoms with van der Waals surface area (Å²) in [6.45, 7) is 8.07. The van der Waals surface area contributed by atoms with Gasteiger partial charge in [-0.3, -0.25) is 9.69 Å². The summed E-state index contributed by atoms with van der Waals surface area (Å²) < 4.78 is 5.30. The molecule has 0 aromatic rings. The van der Waals surface area contributed by atoms with E-state index in [-0.39, 0.29) is 18.3 Å². The highest BCUT2D eigenvalue weighted by Crippen LogP contribution is 2.01. The van der Waals surface area contributed by atoms with E-state index in [0.29, 0.717) is 6.54 Å². The maximum atomic E-state index is 11.5. The van der Waals surface area contributed by atoms with Gasteiger partial charge in [-0.15, -0.1) is 12.4 Å². The van der Waals surface area contributed by atoms with Crippen LogP contribution in [0.1, 0.15) is 6.42 Å². The fourth-order valence-corrected chi connectivity index (χ4v) is 2.19. The monoisotopic (exact) mass is 263 g/mol. The topological polar surface area (TPSA) is 44.8 Å². The molecule has 0 atom stereocenters. The quantitative estimate of drug-likeness (QED) is 0.747. The van der Waals surface area contributed by atoms with Crippen LogP contribution in [0.25, 0.3) is 0 Å². The van der Waals surface area contributed by atoms with E-state index in [4.69, 9.17) is 4.74 Å². The first kappa shape index (κ1) is 14.7. The minimum Gasteiger partial charge on any atom is -0.379 e. The highest BCUT2D eigenvalue weighted by atomic mass is 35.5. The summed E-state index contributed by atoms with van der Waals surface area (Å²) in [7, 11) is 0.